The molecule has 1 amide bonds. The summed E-state index contributed by atoms with van der Waals surface area (Å²) in [4.78, 5) is 11.7. The van der Waals surface area contributed by atoms with Crippen LogP contribution in [-0.4, -0.2) is 20.9 Å². The predicted octanol–water partition coefficient (Wildman–Crippen LogP) is 2.39. The Bertz CT molecular complexity index is 529. The number of rotatable bonds is 3. The predicted molar refractivity (Wildman–Crippen MR) is 71.3 cm³/mol. The highest BCUT2D eigenvalue weighted by Gasteiger charge is 2.14. The highest BCUT2D eigenvalue weighted by molar-refractivity contribution is 8.13. The molecule has 0 unspecified atom stereocenters. The average molecular weight is 290 g/mol. The third-order valence-electron chi connectivity index (χ3n) is 2.18. The molecule has 0 atom stereocenters. The van der Waals surface area contributed by atoms with Crippen LogP contribution in [0.15, 0.2) is 29.2 Å². The van der Waals surface area contributed by atoms with Gasteiger partial charge in [-0.1, -0.05) is 20.8 Å². The van der Waals surface area contributed by atoms with E-state index in [-0.39, 0.29) is 16.2 Å². The third kappa shape index (κ3) is 4.66. The Kier molecular flexibility index (Phi) is 4.40. The van der Waals surface area contributed by atoms with Gasteiger partial charge in [-0.05, 0) is 29.7 Å². The quantitative estimate of drug-likeness (QED) is 0.869. The largest absolute Gasteiger partial charge is 0.352 e. The molecule has 0 aromatic heterocycles. The zero-order valence-corrected chi connectivity index (χ0v) is 12.1. The van der Waals surface area contributed by atoms with Crippen LogP contribution in [0.5, 0.6) is 0 Å². The molecular formula is C12H16ClNO3S. The fourth-order valence-electron chi connectivity index (χ4n) is 1.22. The molecule has 0 saturated heterocycles. The van der Waals surface area contributed by atoms with Crippen molar-refractivity contribution in [3.05, 3.63) is 29.8 Å². The van der Waals surface area contributed by atoms with Crippen molar-refractivity contribution in [2.45, 2.75) is 25.7 Å². The van der Waals surface area contributed by atoms with Gasteiger partial charge in [-0.3, -0.25) is 4.79 Å². The minimum Gasteiger partial charge on any atom is -0.352 e. The number of amides is 1. The summed E-state index contributed by atoms with van der Waals surface area (Å²) in [6.45, 7) is 6.57. The van der Waals surface area contributed by atoms with E-state index in [1.54, 1.807) is 0 Å². The van der Waals surface area contributed by atoms with E-state index in [0.717, 1.165) is 0 Å². The molecule has 1 rings (SSSR count). The van der Waals surface area contributed by atoms with Gasteiger partial charge in [0.25, 0.3) is 15.0 Å². The van der Waals surface area contributed by atoms with E-state index in [4.69, 9.17) is 10.7 Å². The lowest BCUT2D eigenvalue weighted by molar-refractivity contribution is 0.0939. The van der Waals surface area contributed by atoms with Gasteiger partial charge >= 0.3 is 0 Å². The van der Waals surface area contributed by atoms with E-state index in [0.29, 0.717) is 12.1 Å². The molecule has 0 aliphatic heterocycles. The highest BCUT2D eigenvalue weighted by Crippen LogP contribution is 2.16. The highest BCUT2D eigenvalue weighted by atomic mass is 35.7. The van der Waals surface area contributed by atoms with Gasteiger partial charge in [-0.15, -0.1) is 0 Å². The summed E-state index contributed by atoms with van der Waals surface area (Å²) in [5.74, 6) is -0.233. The van der Waals surface area contributed by atoms with Crippen molar-refractivity contribution in [2.75, 3.05) is 6.54 Å². The number of hydrogen-bond acceptors (Lipinski definition) is 3. The normalized spacial score (nSPS) is 12.2. The van der Waals surface area contributed by atoms with Crippen LogP contribution in [0.25, 0.3) is 0 Å². The van der Waals surface area contributed by atoms with Crippen molar-refractivity contribution in [2.24, 2.45) is 5.41 Å². The summed E-state index contributed by atoms with van der Waals surface area (Å²) in [5, 5.41) is 2.78. The number of nitrogens with one attached hydrogen (secondary N) is 1. The maximum Gasteiger partial charge on any atom is 0.261 e. The Morgan fingerprint density at radius 3 is 2.11 bits per heavy atom. The summed E-state index contributed by atoms with van der Waals surface area (Å²) < 4.78 is 22.1. The number of halogens is 1. The molecule has 0 bridgehead atoms. The van der Waals surface area contributed by atoms with Gasteiger partial charge in [0.1, 0.15) is 0 Å². The first kappa shape index (κ1) is 15.0. The third-order valence-corrected chi connectivity index (χ3v) is 3.55. The van der Waals surface area contributed by atoms with Gasteiger partial charge in [0.2, 0.25) is 0 Å². The Balaban J connectivity index is 2.77. The lowest BCUT2D eigenvalue weighted by Gasteiger charge is -2.18. The zero-order chi connectivity index (χ0) is 14.0. The van der Waals surface area contributed by atoms with E-state index >= 15 is 0 Å². The van der Waals surface area contributed by atoms with E-state index in [1.807, 2.05) is 20.8 Å². The Morgan fingerprint density at radius 1 is 1.22 bits per heavy atom. The van der Waals surface area contributed by atoms with Crippen molar-refractivity contribution in [3.8, 4) is 0 Å². The fraction of sp³-hybridized carbons (Fsp3) is 0.417. The standard InChI is InChI=1S/C12H16ClNO3S/c1-12(2,3)8-14-11(15)9-4-6-10(7-5-9)18(13,16)17/h4-7H,8H2,1-3H3,(H,14,15). The van der Waals surface area contributed by atoms with Crippen LogP contribution in [-0.2, 0) is 9.05 Å². The smallest absolute Gasteiger partial charge is 0.261 e. The van der Waals surface area contributed by atoms with E-state index in [2.05, 4.69) is 5.32 Å². The van der Waals surface area contributed by atoms with Crippen LogP contribution >= 0.6 is 10.7 Å². The van der Waals surface area contributed by atoms with Gasteiger partial charge in [-0.25, -0.2) is 8.42 Å². The molecule has 100 valence electrons. The molecule has 1 aromatic carbocycles. The molecule has 18 heavy (non-hydrogen) atoms. The lowest BCUT2D eigenvalue weighted by atomic mass is 9.97. The molecular weight excluding hydrogens is 274 g/mol. The monoisotopic (exact) mass is 289 g/mol. The number of carbonyl (C=O) groups excluding carboxylic acids is 1. The van der Waals surface area contributed by atoms with Gasteiger partial charge in [0.05, 0.1) is 4.90 Å². The molecule has 0 aliphatic carbocycles. The van der Waals surface area contributed by atoms with Crippen molar-refractivity contribution in [3.63, 3.8) is 0 Å². The van der Waals surface area contributed by atoms with Gasteiger partial charge < -0.3 is 5.32 Å². The molecule has 0 heterocycles. The maximum atomic E-state index is 11.8. The SMILES string of the molecule is CC(C)(C)CNC(=O)c1ccc(S(=O)(=O)Cl)cc1. The van der Waals surface area contributed by atoms with Crippen LogP contribution in [0, 0.1) is 5.41 Å². The van der Waals surface area contributed by atoms with Crippen LogP contribution in [0.4, 0.5) is 0 Å². The Morgan fingerprint density at radius 2 is 1.72 bits per heavy atom. The van der Waals surface area contributed by atoms with Crippen molar-refractivity contribution < 1.29 is 13.2 Å². The van der Waals surface area contributed by atoms with E-state index in [9.17, 15) is 13.2 Å². The first-order chi connectivity index (χ1) is 8.09. The summed E-state index contributed by atoms with van der Waals surface area (Å²) >= 11 is 0. The molecule has 0 saturated carbocycles. The molecule has 4 nitrogen and oxygen atoms in total. The molecule has 6 heteroatoms. The van der Waals surface area contributed by atoms with Crippen LogP contribution < -0.4 is 5.32 Å². The van der Waals surface area contributed by atoms with E-state index < -0.39 is 9.05 Å². The second kappa shape index (κ2) is 5.28. The lowest BCUT2D eigenvalue weighted by Crippen LogP contribution is -2.32. The van der Waals surface area contributed by atoms with Crippen LogP contribution in [0.2, 0.25) is 0 Å². The van der Waals surface area contributed by atoms with Gasteiger partial charge in [0.15, 0.2) is 0 Å². The first-order valence-corrected chi connectivity index (χ1v) is 7.73. The Hall–Kier alpha value is -1.07. The van der Waals surface area contributed by atoms with Crippen LogP contribution in [0.1, 0.15) is 31.1 Å². The second-order valence-electron chi connectivity index (χ2n) is 5.21. The molecule has 0 spiro atoms. The van der Waals surface area contributed by atoms with E-state index in [1.165, 1.54) is 24.3 Å². The fourth-order valence-corrected chi connectivity index (χ4v) is 1.99. The van der Waals surface area contributed by atoms with Crippen molar-refractivity contribution in [1.29, 1.82) is 0 Å². The number of hydrogen-bond donors (Lipinski definition) is 1. The van der Waals surface area contributed by atoms with Crippen molar-refractivity contribution >= 4 is 25.6 Å². The zero-order valence-electron chi connectivity index (χ0n) is 10.5. The molecule has 0 aliphatic rings. The average Bonchev–Trinajstić information content (AvgIpc) is 2.24. The molecule has 0 radical (unpaired) electrons. The summed E-state index contributed by atoms with van der Waals surface area (Å²) in [6.07, 6.45) is 0. The first-order valence-electron chi connectivity index (χ1n) is 5.42. The van der Waals surface area contributed by atoms with Gasteiger partial charge in [-0.2, -0.15) is 0 Å². The summed E-state index contributed by atoms with van der Waals surface area (Å²) in [7, 11) is 1.44. The van der Waals surface area contributed by atoms with Crippen LogP contribution in [0.3, 0.4) is 0 Å². The maximum absolute atomic E-state index is 11.8. The molecule has 1 aromatic rings. The van der Waals surface area contributed by atoms with Crippen molar-refractivity contribution in [1.82, 2.24) is 5.32 Å². The molecule has 0 fully saturated rings. The molecule has 1 N–H and O–H groups in total. The second-order valence-corrected chi connectivity index (χ2v) is 7.77. The minimum atomic E-state index is -3.74. The summed E-state index contributed by atoms with van der Waals surface area (Å²) in [5.41, 5.74) is 0.401. The number of benzene rings is 1. The minimum absolute atomic E-state index is 0.00488. The number of carbonyl (C=O) groups is 1. The topological polar surface area (TPSA) is 63.2 Å². The summed E-state index contributed by atoms with van der Waals surface area (Å²) in [6, 6.07) is 5.50. The van der Waals surface area contributed by atoms with Gasteiger partial charge in [0, 0.05) is 22.8 Å². The Labute approximate surface area is 112 Å².